The molecule has 2 unspecified atom stereocenters. The van der Waals surface area contributed by atoms with Crippen molar-refractivity contribution >= 4 is 0 Å². The Morgan fingerprint density at radius 1 is 1.08 bits per heavy atom. The molecule has 0 amide bonds. The average Bonchev–Trinajstić information content (AvgIpc) is 2.16. The standard InChI is InChI=1S/C11H14O2/c1-10(12)7-8-11(10,13)9-5-3-2-4-6-9/h2-6,12-13H,7-8H2,1H3. The van der Waals surface area contributed by atoms with Crippen molar-refractivity contribution in [2.45, 2.75) is 31.0 Å². The molecule has 1 aromatic rings. The lowest BCUT2D eigenvalue weighted by Crippen LogP contribution is -2.58. The summed E-state index contributed by atoms with van der Waals surface area (Å²) in [6.45, 7) is 1.68. The van der Waals surface area contributed by atoms with E-state index in [1.165, 1.54) is 0 Å². The minimum Gasteiger partial charge on any atom is -0.387 e. The zero-order valence-electron chi connectivity index (χ0n) is 7.70. The fourth-order valence-electron chi connectivity index (χ4n) is 1.89. The molecule has 2 N–H and O–H groups in total. The van der Waals surface area contributed by atoms with Crippen LogP contribution < -0.4 is 0 Å². The van der Waals surface area contributed by atoms with Gasteiger partial charge in [0.2, 0.25) is 0 Å². The number of hydrogen-bond donors (Lipinski definition) is 2. The van der Waals surface area contributed by atoms with E-state index in [4.69, 9.17) is 0 Å². The van der Waals surface area contributed by atoms with E-state index >= 15 is 0 Å². The Kier molecular flexibility index (Phi) is 1.72. The Bertz CT molecular complexity index is 305. The fourth-order valence-corrected chi connectivity index (χ4v) is 1.89. The van der Waals surface area contributed by atoms with E-state index in [9.17, 15) is 10.2 Å². The second kappa shape index (κ2) is 2.56. The molecule has 0 spiro atoms. The van der Waals surface area contributed by atoms with E-state index in [0.29, 0.717) is 12.8 Å². The third-order valence-electron chi connectivity index (χ3n) is 3.12. The molecular formula is C11H14O2. The number of hydrogen-bond acceptors (Lipinski definition) is 2. The molecule has 0 saturated heterocycles. The highest BCUT2D eigenvalue weighted by molar-refractivity contribution is 5.29. The molecule has 2 heteroatoms. The molecule has 1 fully saturated rings. The van der Waals surface area contributed by atoms with Crippen LogP contribution in [0.1, 0.15) is 25.3 Å². The van der Waals surface area contributed by atoms with Gasteiger partial charge < -0.3 is 10.2 Å². The minimum absolute atomic E-state index is 0.643. The molecule has 2 nitrogen and oxygen atoms in total. The van der Waals surface area contributed by atoms with Crippen molar-refractivity contribution in [3.05, 3.63) is 35.9 Å². The molecule has 0 bridgehead atoms. The average molecular weight is 178 g/mol. The van der Waals surface area contributed by atoms with Crippen LogP contribution in [0.3, 0.4) is 0 Å². The third-order valence-corrected chi connectivity index (χ3v) is 3.12. The van der Waals surface area contributed by atoms with Crippen LogP contribution in [0.5, 0.6) is 0 Å². The monoisotopic (exact) mass is 178 g/mol. The smallest absolute Gasteiger partial charge is 0.118 e. The molecule has 1 aromatic carbocycles. The molecule has 0 heterocycles. The van der Waals surface area contributed by atoms with E-state index in [1.54, 1.807) is 6.92 Å². The van der Waals surface area contributed by atoms with E-state index < -0.39 is 11.2 Å². The Labute approximate surface area is 77.8 Å². The van der Waals surface area contributed by atoms with Crippen molar-refractivity contribution in [3.8, 4) is 0 Å². The SMILES string of the molecule is CC1(O)CCC1(O)c1ccccc1. The topological polar surface area (TPSA) is 40.5 Å². The maximum absolute atomic E-state index is 10.2. The first-order valence-electron chi connectivity index (χ1n) is 4.57. The van der Waals surface area contributed by atoms with Gasteiger partial charge in [0, 0.05) is 0 Å². The Balaban J connectivity index is 2.37. The quantitative estimate of drug-likeness (QED) is 0.682. The van der Waals surface area contributed by atoms with Crippen LogP contribution in [0.2, 0.25) is 0 Å². The molecule has 13 heavy (non-hydrogen) atoms. The molecule has 2 atom stereocenters. The Morgan fingerprint density at radius 3 is 2.08 bits per heavy atom. The van der Waals surface area contributed by atoms with Gasteiger partial charge in [-0.05, 0) is 25.3 Å². The van der Waals surface area contributed by atoms with Crippen molar-refractivity contribution < 1.29 is 10.2 Å². The molecule has 0 aromatic heterocycles. The van der Waals surface area contributed by atoms with E-state index in [1.807, 2.05) is 30.3 Å². The molecule has 1 aliphatic carbocycles. The molecule has 1 aliphatic rings. The minimum atomic E-state index is -1.03. The summed E-state index contributed by atoms with van der Waals surface area (Å²) in [6.07, 6.45) is 1.31. The van der Waals surface area contributed by atoms with Gasteiger partial charge in [-0.1, -0.05) is 30.3 Å². The van der Waals surface area contributed by atoms with Gasteiger partial charge in [-0.25, -0.2) is 0 Å². The summed E-state index contributed by atoms with van der Waals surface area (Å²) in [7, 11) is 0. The lowest BCUT2D eigenvalue weighted by atomic mass is 9.63. The summed E-state index contributed by atoms with van der Waals surface area (Å²) in [5, 5.41) is 20.0. The van der Waals surface area contributed by atoms with Crippen LogP contribution >= 0.6 is 0 Å². The maximum Gasteiger partial charge on any atom is 0.118 e. The zero-order chi connectivity index (χ0) is 9.53. The zero-order valence-corrected chi connectivity index (χ0v) is 7.70. The highest BCUT2D eigenvalue weighted by Gasteiger charge is 2.55. The van der Waals surface area contributed by atoms with Crippen molar-refractivity contribution in [1.29, 1.82) is 0 Å². The molecule has 2 rings (SSSR count). The van der Waals surface area contributed by atoms with Crippen LogP contribution in [-0.4, -0.2) is 15.8 Å². The molecule has 70 valence electrons. The number of aliphatic hydroxyl groups is 2. The van der Waals surface area contributed by atoms with Crippen molar-refractivity contribution in [2.24, 2.45) is 0 Å². The van der Waals surface area contributed by atoms with Gasteiger partial charge in [0.05, 0.1) is 5.60 Å². The lowest BCUT2D eigenvalue weighted by Gasteiger charge is -2.51. The van der Waals surface area contributed by atoms with Crippen molar-refractivity contribution in [3.63, 3.8) is 0 Å². The van der Waals surface area contributed by atoms with E-state index in [0.717, 1.165) is 5.56 Å². The normalized spacial score (nSPS) is 38.4. The summed E-state index contributed by atoms with van der Waals surface area (Å²) in [4.78, 5) is 0. The fraction of sp³-hybridized carbons (Fsp3) is 0.455. The summed E-state index contributed by atoms with van der Waals surface area (Å²) < 4.78 is 0. The lowest BCUT2D eigenvalue weighted by molar-refractivity contribution is -0.219. The highest BCUT2D eigenvalue weighted by Crippen LogP contribution is 2.49. The predicted octanol–water partition coefficient (Wildman–Crippen LogP) is 1.42. The second-order valence-electron chi connectivity index (χ2n) is 4.00. The van der Waals surface area contributed by atoms with E-state index in [-0.39, 0.29) is 0 Å². The number of rotatable bonds is 1. The van der Waals surface area contributed by atoms with Gasteiger partial charge in [-0.15, -0.1) is 0 Å². The predicted molar refractivity (Wildman–Crippen MR) is 50.2 cm³/mol. The Morgan fingerprint density at radius 2 is 1.69 bits per heavy atom. The first-order chi connectivity index (χ1) is 6.06. The van der Waals surface area contributed by atoms with Gasteiger partial charge in [-0.2, -0.15) is 0 Å². The summed E-state index contributed by atoms with van der Waals surface area (Å²) >= 11 is 0. The Hall–Kier alpha value is -0.860. The van der Waals surface area contributed by atoms with Crippen LogP contribution in [0.25, 0.3) is 0 Å². The van der Waals surface area contributed by atoms with Gasteiger partial charge in [0.1, 0.15) is 5.60 Å². The van der Waals surface area contributed by atoms with E-state index in [2.05, 4.69) is 0 Å². The molecule has 1 saturated carbocycles. The first-order valence-corrected chi connectivity index (χ1v) is 4.57. The maximum atomic E-state index is 10.2. The molecular weight excluding hydrogens is 164 g/mol. The summed E-state index contributed by atoms with van der Waals surface area (Å²) in [5.41, 5.74) is -1.19. The largest absolute Gasteiger partial charge is 0.387 e. The van der Waals surface area contributed by atoms with Crippen LogP contribution in [0, 0.1) is 0 Å². The van der Waals surface area contributed by atoms with Gasteiger partial charge in [0.15, 0.2) is 0 Å². The van der Waals surface area contributed by atoms with Crippen molar-refractivity contribution in [1.82, 2.24) is 0 Å². The van der Waals surface area contributed by atoms with Crippen molar-refractivity contribution in [2.75, 3.05) is 0 Å². The molecule has 0 aliphatic heterocycles. The second-order valence-corrected chi connectivity index (χ2v) is 4.00. The summed E-state index contributed by atoms with van der Waals surface area (Å²) in [6, 6.07) is 9.37. The van der Waals surface area contributed by atoms with Gasteiger partial charge in [0.25, 0.3) is 0 Å². The van der Waals surface area contributed by atoms with Crippen LogP contribution in [-0.2, 0) is 5.60 Å². The first kappa shape index (κ1) is 8.73. The molecule has 0 radical (unpaired) electrons. The summed E-state index contributed by atoms with van der Waals surface area (Å²) in [5.74, 6) is 0. The highest BCUT2D eigenvalue weighted by atomic mass is 16.4. The number of benzene rings is 1. The van der Waals surface area contributed by atoms with Crippen LogP contribution in [0.15, 0.2) is 30.3 Å². The third kappa shape index (κ3) is 1.10. The van der Waals surface area contributed by atoms with Gasteiger partial charge >= 0.3 is 0 Å². The van der Waals surface area contributed by atoms with Crippen LogP contribution in [0.4, 0.5) is 0 Å². The van der Waals surface area contributed by atoms with Gasteiger partial charge in [-0.3, -0.25) is 0 Å².